The van der Waals surface area contributed by atoms with Crippen LogP contribution in [0.3, 0.4) is 0 Å². The highest BCUT2D eigenvalue weighted by Crippen LogP contribution is 2.34. The molecule has 1 amide bonds. The van der Waals surface area contributed by atoms with Crippen molar-refractivity contribution in [1.29, 1.82) is 0 Å². The number of hydrogen-bond donors (Lipinski definition) is 0. The summed E-state index contributed by atoms with van der Waals surface area (Å²) in [5.41, 5.74) is 4.10. The predicted molar refractivity (Wildman–Crippen MR) is 101 cm³/mol. The third kappa shape index (κ3) is 3.59. The minimum atomic E-state index is -1.25. The van der Waals surface area contributed by atoms with Gasteiger partial charge in [0, 0.05) is 31.2 Å². The van der Waals surface area contributed by atoms with Crippen LogP contribution in [-0.2, 0) is 9.59 Å². The third-order valence-corrected chi connectivity index (χ3v) is 4.69. The van der Waals surface area contributed by atoms with Crippen LogP contribution in [-0.4, -0.2) is 32.6 Å². The molecule has 0 saturated carbocycles. The summed E-state index contributed by atoms with van der Waals surface area (Å²) in [6.07, 6.45) is 3.30. The van der Waals surface area contributed by atoms with Gasteiger partial charge < -0.3 is 9.90 Å². The molecule has 0 unspecified atom stereocenters. The van der Waals surface area contributed by atoms with Crippen LogP contribution in [0, 0.1) is 0 Å². The molecular weight excluding hydrogens is 356 g/mol. The van der Waals surface area contributed by atoms with Crippen molar-refractivity contribution in [1.82, 2.24) is 15.0 Å². The molecule has 2 aromatic carbocycles. The quantitative estimate of drug-likeness (QED) is 0.679. The lowest BCUT2D eigenvalue weighted by atomic mass is 9.98. The van der Waals surface area contributed by atoms with Crippen molar-refractivity contribution in [3.63, 3.8) is 0 Å². The number of rotatable bonds is 5. The molecule has 1 aliphatic heterocycles. The van der Waals surface area contributed by atoms with Crippen LogP contribution >= 0.6 is 0 Å². The highest BCUT2D eigenvalue weighted by atomic mass is 16.4. The molecule has 1 aliphatic rings. The van der Waals surface area contributed by atoms with Gasteiger partial charge >= 0.3 is 0 Å². The van der Waals surface area contributed by atoms with Gasteiger partial charge in [0.25, 0.3) is 0 Å². The largest absolute Gasteiger partial charge is 0.550 e. The summed E-state index contributed by atoms with van der Waals surface area (Å²) in [4.78, 5) is 32.0. The normalized spacial score (nSPS) is 16.2. The molecule has 140 valence electrons. The second kappa shape index (κ2) is 7.56. The van der Waals surface area contributed by atoms with Gasteiger partial charge in [0.1, 0.15) is 0 Å². The molecule has 0 spiro atoms. The average molecular weight is 373 g/mol. The van der Waals surface area contributed by atoms with E-state index in [4.69, 9.17) is 0 Å². The molecule has 7 nitrogen and oxygen atoms in total. The number of hydrazone groups is 1. The van der Waals surface area contributed by atoms with Crippen molar-refractivity contribution >= 4 is 28.6 Å². The van der Waals surface area contributed by atoms with Crippen molar-refractivity contribution in [2.24, 2.45) is 5.10 Å². The first kappa shape index (κ1) is 17.8. The van der Waals surface area contributed by atoms with Crippen molar-refractivity contribution in [3.05, 3.63) is 72.1 Å². The molecule has 0 saturated heterocycles. The fourth-order valence-electron chi connectivity index (χ4n) is 3.32. The van der Waals surface area contributed by atoms with E-state index in [1.54, 1.807) is 12.4 Å². The lowest BCUT2D eigenvalue weighted by molar-refractivity contribution is -0.305. The van der Waals surface area contributed by atoms with Crippen LogP contribution in [0.1, 0.15) is 36.4 Å². The number of carbonyl (C=O) groups excluding carboxylic acids is 2. The molecule has 7 heteroatoms. The minimum Gasteiger partial charge on any atom is -0.550 e. The molecule has 0 aliphatic carbocycles. The van der Waals surface area contributed by atoms with Crippen molar-refractivity contribution < 1.29 is 14.7 Å². The maximum absolute atomic E-state index is 12.7. The van der Waals surface area contributed by atoms with E-state index < -0.39 is 5.97 Å². The Balaban J connectivity index is 1.68. The summed E-state index contributed by atoms with van der Waals surface area (Å²) >= 11 is 0. The lowest BCUT2D eigenvalue weighted by Gasteiger charge is -2.22. The van der Waals surface area contributed by atoms with Gasteiger partial charge in [-0.2, -0.15) is 5.10 Å². The molecule has 2 heterocycles. The third-order valence-electron chi connectivity index (χ3n) is 4.69. The van der Waals surface area contributed by atoms with Crippen molar-refractivity contribution in [3.8, 4) is 0 Å². The molecule has 28 heavy (non-hydrogen) atoms. The summed E-state index contributed by atoms with van der Waals surface area (Å²) in [7, 11) is 0. The molecule has 0 radical (unpaired) electrons. The second-order valence-electron chi connectivity index (χ2n) is 6.55. The molecule has 3 aromatic rings. The average Bonchev–Trinajstić information content (AvgIpc) is 3.18. The summed E-state index contributed by atoms with van der Waals surface area (Å²) in [5, 5.41) is 16.7. The van der Waals surface area contributed by atoms with E-state index in [9.17, 15) is 14.7 Å². The summed E-state index contributed by atoms with van der Waals surface area (Å²) < 4.78 is 0. The fourth-order valence-corrected chi connectivity index (χ4v) is 3.32. The van der Waals surface area contributed by atoms with Crippen molar-refractivity contribution in [2.75, 3.05) is 0 Å². The van der Waals surface area contributed by atoms with Gasteiger partial charge in [-0.3, -0.25) is 14.8 Å². The minimum absolute atomic E-state index is 0.155. The number of nitrogens with zero attached hydrogens (tertiary/aromatic N) is 4. The molecule has 0 bridgehead atoms. The van der Waals surface area contributed by atoms with Gasteiger partial charge in [-0.25, -0.2) is 5.01 Å². The zero-order valence-corrected chi connectivity index (χ0v) is 15.0. The molecule has 1 atom stereocenters. The lowest BCUT2D eigenvalue weighted by Crippen LogP contribution is -2.29. The number of aliphatic carboxylic acids is 1. The van der Waals surface area contributed by atoms with Crippen LogP contribution in [0.2, 0.25) is 0 Å². The zero-order valence-electron chi connectivity index (χ0n) is 15.0. The van der Waals surface area contributed by atoms with E-state index in [1.165, 1.54) is 5.01 Å². The van der Waals surface area contributed by atoms with Gasteiger partial charge in [-0.15, -0.1) is 0 Å². The van der Waals surface area contributed by atoms with Crippen molar-refractivity contribution in [2.45, 2.75) is 25.3 Å². The Bertz CT molecular complexity index is 1070. The molecule has 4 rings (SSSR count). The second-order valence-corrected chi connectivity index (χ2v) is 6.55. The Hall–Kier alpha value is -3.61. The van der Waals surface area contributed by atoms with Gasteiger partial charge in [0.2, 0.25) is 5.91 Å². The molecule has 0 N–H and O–H groups in total. The standard InChI is InChI=1S/C21H18N4O3/c26-20(8-9-21(27)28)25-19(13-17(24-25)14-4-2-1-3-5-14)15-6-7-16-18(12-15)23-11-10-22-16/h1-7,10-12,19H,8-9,13H2,(H,27,28)/p-1/t19-/m0/s1. The summed E-state index contributed by atoms with van der Waals surface area (Å²) in [5.74, 6) is -1.60. The predicted octanol–water partition coefficient (Wildman–Crippen LogP) is 1.84. The zero-order chi connectivity index (χ0) is 19.5. The highest BCUT2D eigenvalue weighted by molar-refractivity contribution is 6.03. The van der Waals surface area contributed by atoms with E-state index in [0.29, 0.717) is 6.42 Å². The molecule has 0 fully saturated rings. The van der Waals surface area contributed by atoms with Crippen LogP contribution in [0.15, 0.2) is 66.0 Å². The monoisotopic (exact) mass is 373 g/mol. The van der Waals surface area contributed by atoms with Gasteiger partial charge in [-0.1, -0.05) is 36.4 Å². The number of amides is 1. The highest BCUT2D eigenvalue weighted by Gasteiger charge is 2.33. The number of carboxylic acid groups (broad SMARTS) is 1. The van der Waals surface area contributed by atoms with Crippen LogP contribution in [0.5, 0.6) is 0 Å². The molecular formula is C21H17N4O3-. The number of benzene rings is 2. The van der Waals surface area contributed by atoms with E-state index in [2.05, 4.69) is 15.1 Å². The maximum Gasteiger partial charge on any atom is 0.243 e. The Morgan fingerprint density at radius 3 is 2.50 bits per heavy atom. The topological polar surface area (TPSA) is 98.6 Å². The van der Waals surface area contributed by atoms with E-state index in [1.807, 2.05) is 48.5 Å². The first-order valence-corrected chi connectivity index (χ1v) is 8.97. The fraction of sp³-hybridized carbons (Fsp3) is 0.190. The Kier molecular flexibility index (Phi) is 4.80. The van der Waals surface area contributed by atoms with Gasteiger partial charge in [0.15, 0.2) is 0 Å². The van der Waals surface area contributed by atoms with Crippen LogP contribution in [0.4, 0.5) is 0 Å². The number of aromatic nitrogens is 2. The smallest absolute Gasteiger partial charge is 0.243 e. The van der Waals surface area contributed by atoms with Gasteiger partial charge in [-0.05, 0) is 29.7 Å². The first-order valence-electron chi connectivity index (χ1n) is 8.97. The number of fused-ring (bicyclic) bond motifs is 1. The number of carboxylic acids is 1. The summed E-state index contributed by atoms with van der Waals surface area (Å²) in [6.45, 7) is 0. The Labute approximate surface area is 161 Å². The molecule has 1 aromatic heterocycles. The first-order chi connectivity index (χ1) is 13.6. The maximum atomic E-state index is 12.7. The number of hydrogen-bond acceptors (Lipinski definition) is 6. The van der Waals surface area contributed by atoms with Gasteiger partial charge in [0.05, 0.1) is 22.8 Å². The van der Waals surface area contributed by atoms with E-state index in [0.717, 1.165) is 27.9 Å². The number of carbonyl (C=O) groups is 2. The van der Waals surface area contributed by atoms with Crippen LogP contribution < -0.4 is 5.11 Å². The van der Waals surface area contributed by atoms with Crippen LogP contribution in [0.25, 0.3) is 11.0 Å². The summed E-state index contributed by atoms with van der Waals surface area (Å²) in [6, 6.07) is 15.0. The van der Waals surface area contributed by atoms with E-state index >= 15 is 0 Å². The van der Waals surface area contributed by atoms with E-state index in [-0.39, 0.29) is 24.8 Å². The SMILES string of the molecule is O=C([O-])CCC(=O)N1N=C(c2ccccc2)C[C@H]1c1ccc2nccnc2c1. The Morgan fingerprint density at radius 1 is 1.00 bits per heavy atom. The Morgan fingerprint density at radius 2 is 1.75 bits per heavy atom.